The van der Waals surface area contributed by atoms with Crippen LogP contribution in [0.5, 0.6) is 0 Å². The maximum atomic E-state index is 15.1. The molecule has 1 aliphatic rings. The van der Waals surface area contributed by atoms with Crippen molar-refractivity contribution in [1.82, 2.24) is 9.27 Å². The predicted octanol–water partition coefficient (Wildman–Crippen LogP) is 4.18. The molecule has 0 amide bonds. The molecule has 0 spiro atoms. The lowest BCUT2D eigenvalue weighted by atomic mass is 9.88. The summed E-state index contributed by atoms with van der Waals surface area (Å²) in [6.45, 7) is 9.93. The molecule has 2 rings (SSSR count). The Morgan fingerprint density at radius 3 is 2.65 bits per heavy atom. The summed E-state index contributed by atoms with van der Waals surface area (Å²) in [4.78, 5) is 3.08. The molecular weight excluding hydrogens is 350 g/mol. The Hall–Kier alpha value is 0.250. The smallest absolute Gasteiger partial charge is 0.206 e. The molecule has 0 N–H and O–H groups in total. The first kappa shape index (κ1) is 13.7. The number of halogens is 2. The van der Waals surface area contributed by atoms with E-state index in [1.54, 1.807) is 6.92 Å². The topological polar surface area (TPSA) is 16.1 Å². The van der Waals surface area contributed by atoms with Crippen LogP contribution in [0.1, 0.15) is 49.7 Å². The molecule has 0 radical (unpaired) electrons. The quantitative estimate of drug-likeness (QED) is 0.420. The van der Waals surface area contributed by atoms with E-state index in [1.807, 2.05) is 25.7 Å². The van der Waals surface area contributed by atoms with Crippen molar-refractivity contribution in [1.29, 1.82) is 0 Å². The summed E-state index contributed by atoms with van der Waals surface area (Å²) in [6.07, 6.45) is 0. The van der Waals surface area contributed by atoms with Crippen molar-refractivity contribution < 1.29 is 4.39 Å². The van der Waals surface area contributed by atoms with Crippen molar-refractivity contribution in [2.24, 2.45) is 0 Å². The van der Waals surface area contributed by atoms with E-state index >= 15 is 4.39 Å². The van der Waals surface area contributed by atoms with Crippen LogP contribution in [0.3, 0.4) is 0 Å². The third-order valence-corrected chi connectivity index (χ3v) is 5.96. The molecule has 17 heavy (non-hydrogen) atoms. The Morgan fingerprint density at radius 2 is 2.12 bits per heavy atom. The molecule has 96 valence electrons. The molecule has 2 heterocycles. The van der Waals surface area contributed by atoms with Crippen molar-refractivity contribution in [2.75, 3.05) is 0 Å². The van der Waals surface area contributed by atoms with Gasteiger partial charge in [0.15, 0.2) is 0 Å². The minimum absolute atomic E-state index is 0.171. The van der Waals surface area contributed by atoms with Crippen LogP contribution in [0.4, 0.5) is 4.39 Å². The molecule has 3 unspecified atom stereocenters. The highest BCUT2D eigenvalue weighted by atomic mass is 127. The minimum atomic E-state index is -1.45. The number of nitrogens with zero attached hydrogens (tertiary/aromatic N) is 2. The maximum Gasteiger partial charge on any atom is 0.206 e. The Labute approximate surface area is 120 Å². The van der Waals surface area contributed by atoms with E-state index in [0.717, 1.165) is 10.4 Å². The summed E-state index contributed by atoms with van der Waals surface area (Å²) in [5.41, 5.74) is 1.76. The molecule has 5 heteroatoms. The van der Waals surface area contributed by atoms with Crippen LogP contribution in [-0.4, -0.2) is 19.4 Å². The fourth-order valence-electron chi connectivity index (χ4n) is 2.75. The first-order valence-corrected chi connectivity index (χ1v) is 7.88. The number of aryl methyl sites for hydroxylation is 1. The second-order valence-electron chi connectivity index (χ2n) is 5.12. The van der Waals surface area contributed by atoms with Crippen LogP contribution in [0.15, 0.2) is 0 Å². The number of alkyl halides is 2. The minimum Gasteiger partial charge on any atom is -0.251 e. The Bertz CT molecular complexity index is 430. The Balaban J connectivity index is 2.60. The van der Waals surface area contributed by atoms with Crippen LogP contribution < -0.4 is 0 Å². The number of fused-ring (bicyclic) bond motifs is 1. The van der Waals surface area contributed by atoms with Gasteiger partial charge < -0.3 is 0 Å². The van der Waals surface area contributed by atoms with Gasteiger partial charge in [0.2, 0.25) is 5.79 Å². The third kappa shape index (κ3) is 1.94. The van der Waals surface area contributed by atoms with E-state index in [1.165, 1.54) is 11.5 Å². The van der Waals surface area contributed by atoms with Crippen molar-refractivity contribution in [3.05, 3.63) is 16.1 Å². The van der Waals surface area contributed by atoms with Crippen LogP contribution in [0, 0.1) is 6.92 Å². The number of aromatic nitrogens is 1. The van der Waals surface area contributed by atoms with Gasteiger partial charge in [-0.3, -0.25) is 4.90 Å². The largest absolute Gasteiger partial charge is 0.251 e. The molecule has 0 bridgehead atoms. The van der Waals surface area contributed by atoms with E-state index in [2.05, 4.69) is 33.9 Å². The first-order chi connectivity index (χ1) is 7.78. The number of hydrogen-bond acceptors (Lipinski definition) is 3. The van der Waals surface area contributed by atoms with Crippen molar-refractivity contribution in [2.45, 2.75) is 56.4 Å². The van der Waals surface area contributed by atoms with Gasteiger partial charge in [-0.1, -0.05) is 29.5 Å². The summed E-state index contributed by atoms with van der Waals surface area (Å²) in [7, 11) is 0. The fourth-order valence-corrected chi connectivity index (χ4v) is 5.15. The Morgan fingerprint density at radius 1 is 1.53 bits per heavy atom. The zero-order valence-corrected chi connectivity index (χ0v) is 13.8. The normalized spacial score (nSPS) is 34.1. The average Bonchev–Trinajstić information content (AvgIpc) is 2.57. The molecule has 0 saturated heterocycles. The molecule has 3 atom stereocenters. The molecule has 0 fully saturated rings. The lowest BCUT2D eigenvalue weighted by Crippen LogP contribution is -2.54. The molecule has 1 aliphatic heterocycles. The van der Waals surface area contributed by atoms with Crippen LogP contribution >= 0.6 is 34.1 Å². The lowest BCUT2D eigenvalue weighted by molar-refractivity contribution is -0.0674. The highest BCUT2D eigenvalue weighted by Gasteiger charge is 2.49. The molecule has 2 nitrogen and oxygen atoms in total. The van der Waals surface area contributed by atoms with Crippen LogP contribution in [0.2, 0.25) is 0 Å². The fraction of sp³-hybridized carbons (Fsp3) is 0.750. The second-order valence-corrected chi connectivity index (χ2v) is 7.37. The summed E-state index contributed by atoms with van der Waals surface area (Å²) in [5, 5.41) is 0. The zero-order chi connectivity index (χ0) is 13.0. The SMILES string of the molecule is Cc1snc2c1C(C)C(I)N(C(C)C)C2(C)F. The highest BCUT2D eigenvalue weighted by molar-refractivity contribution is 14.1. The predicted molar refractivity (Wildman–Crippen MR) is 78.5 cm³/mol. The van der Waals surface area contributed by atoms with Crippen molar-refractivity contribution >= 4 is 34.1 Å². The van der Waals surface area contributed by atoms with Gasteiger partial charge in [-0.2, -0.15) is 4.37 Å². The molecule has 0 aliphatic carbocycles. The molecule has 1 aromatic heterocycles. The first-order valence-electron chi connectivity index (χ1n) is 5.86. The maximum absolute atomic E-state index is 15.1. The highest BCUT2D eigenvalue weighted by Crippen LogP contribution is 2.49. The van der Waals surface area contributed by atoms with Gasteiger partial charge in [0.05, 0.1) is 4.05 Å². The number of hydrogen-bond donors (Lipinski definition) is 0. The molecule has 1 aromatic rings. The third-order valence-electron chi connectivity index (χ3n) is 3.52. The lowest BCUT2D eigenvalue weighted by Gasteiger charge is -2.46. The van der Waals surface area contributed by atoms with E-state index in [0.29, 0.717) is 11.6 Å². The van der Waals surface area contributed by atoms with Gasteiger partial charge in [-0.05, 0) is 44.8 Å². The Kier molecular flexibility index (Phi) is 3.55. The van der Waals surface area contributed by atoms with E-state index in [-0.39, 0.29) is 10.1 Å². The van der Waals surface area contributed by atoms with Gasteiger partial charge in [0.1, 0.15) is 5.69 Å². The van der Waals surface area contributed by atoms with Crippen molar-refractivity contribution in [3.63, 3.8) is 0 Å². The number of rotatable bonds is 1. The average molecular weight is 368 g/mol. The van der Waals surface area contributed by atoms with Gasteiger partial charge in [-0.15, -0.1) is 0 Å². The summed E-state index contributed by atoms with van der Waals surface area (Å²) in [5.74, 6) is -1.12. The summed E-state index contributed by atoms with van der Waals surface area (Å²) >= 11 is 3.78. The van der Waals surface area contributed by atoms with Crippen LogP contribution in [0.25, 0.3) is 0 Å². The second kappa shape index (κ2) is 4.42. The monoisotopic (exact) mass is 368 g/mol. The zero-order valence-electron chi connectivity index (χ0n) is 10.8. The van der Waals surface area contributed by atoms with Gasteiger partial charge in [0, 0.05) is 16.8 Å². The van der Waals surface area contributed by atoms with E-state index in [9.17, 15) is 0 Å². The van der Waals surface area contributed by atoms with E-state index < -0.39 is 5.79 Å². The van der Waals surface area contributed by atoms with Gasteiger partial charge in [0.25, 0.3) is 0 Å². The summed E-state index contributed by atoms with van der Waals surface area (Å²) in [6, 6.07) is 0.171. The van der Waals surface area contributed by atoms with E-state index in [4.69, 9.17) is 0 Å². The van der Waals surface area contributed by atoms with Gasteiger partial charge >= 0.3 is 0 Å². The molecular formula is C12H18FIN2S. The standard InChI is InChI=1S/C12H18FIN2S/c1-6(2)16-11(14)7(3)9-8(4)17-15-10(9)12(16,5)13/h6-7,11H,1-5H3. The van der Waals surface area contributed by atoms with Crippen molar-refractivity contribution in [3.8, 4) is 0 Å². The van der Waals surface area contributed by atoms with Gasteiger partial charge in [-0.25, -0.2) is 4.39 Å². The molecule has 0 aromatic carbocycles. The molecule has 0 saturated carbocycles. The summed E-state index contributed by atoms with van der Waals surface area (Å²) < 4.78 is 19.6. The van der Waals surface area contributed by atoms with Crippen LogP contribution in [-0.2, 0) is 5.79 Å².